The van der Waals surface area contributed by atoms with Crippen molar-refractivity contribution in [1.29, 1.82) is 0 Å². The highest BCUT2D eigenvalue weighted by Crippen LogP contribution is 2.32. The van der Waals surface area contributed by atoms with Gasteiger partial charge in [-0.15, -0.1) is 0 Å². The third-order valence-corrected chi connectivity index (χ3v) is 4.39. The van der Waals surface area contributed by atoms with E-state index in [0.717, 1.165) is 5.69 Å². The molecule has 2 aromatic rings. The Labute approximate surface area is 136 Å². The number of hydrogen-bond acceptors (Lipinski definition) is 7. The van der Waals surface area contributed by atoms with Crippen molar-refractivity contribution in [3.05, 3.63) is 29.0 Å². The Balaban J connectivity index is 1.71. The number of ketones is 1. The van der Waals surface area contributed by atoms with Crippen LogP contribution in [0.4, 0.5) is 0 Å². The predicted molar refractivity (Wildman–Crippen MR) is 80.0 cm³/mol. The number of tetrazole rings is 1. The van der Waals surface area contributed by atoms with Crippen LogP contribution in [0.25, 0.3) is 5.69 Å². The molecule has 2 aliphatic rings. The molecular weight excluding hydrogens is 320 g/mol. The number of hydrogen-bond donors (Lipinski definition) is 0. The van der Waals surface area contributed by atoms with Gasteiger partial charge < -0.3 is 14.2 Å². The van der Waals surface area contributed by atoms with Crippen LogP contribution < -0.4 is 4.74 Å². The summed E-state index contributed by atoms with van der Waals surface area (Å²) in [6.45, 7) is 0.356. The van der Waals surface area contributed by atoms with Crippen LogP contribution in [0.1, 0.15) is 12.5 Å². The fourth-order valence-corrected chi connectivity index (χ4v) is 3.15. The zero-order valence-electron chi connectivity index (χ0n) is 12.3. The average molecular weight is 334 g/mol. The number of fused-ring (bicyclic) bond motifs is 2. The lowest BCUT2D eigenvalue weighted by Gasteiger charge is -2.25. The number of ether oxygens (including phenoxy) is 3. The highest BCUT2D eigenvalue weighted by Gasteiger charge is 2.45. The molecule has 0 unspecified atom stereocenters. The first-order valence-electron chi connectivity index (χ1n) is 7.16. The summed E-state index contributed by atoms with van der Waals surface area (Å²) in [5.74, 6) is 0.601. The first-order valence-corrected chi connectivity index (χ1v) is 7.57. The van der Waals surface area contributed by atoms with Crippen LogP contribution in [0.15, 0.2) is 24.3 Å². The molecule has 120 valence electrons. The maximum absolute atomic E-state index is 11.9. The summed E-state index contributed by atoms with van der Waals surface area (Å²) in [6, 6.07) is 7.05. The fraction of sp³-hybridized carbons (Fsp3) is 0.429. The van der Waals surface area contributed by atoms with Crippen molar-refractivity contribution < 1.29 is 19.0 Å². The Morgan fingerprint density at radius 2 is 2.26 bits per heavy atom. The number of carbonyl (C=O) groups is 1. The maximum atomic E-state index is 11.9. The fourth-order valence-electron chi connectivity index (χ4n) is 2.84. The molecule has 23 heavy (non-hydrogen) atoms. The topological polar surface area (TPSA) is 80.4 Å². The maximum Gasteiger partial charge on any atom is 0.221 e. The molecule has 4 rings (SSSR count). The molecule has 8 nitrogen and oxygen atoms in total. The van der Waals surface area contributed by atoms with Crippen LogP contribution in [0, 0.1) is 4.77 Å². The van der Waals surface area contributed by atoms with Gasteiger partial charge in [-0.05, 0) is 34.8 Å². The number of aromatic nitrogens is 4. The molecule has 1 aromatic heterocycles. The minimum Gasteiger partial charge on any atom is -0.497 e. The largest absolute Gasteiger partial charge is 0.497 e. The van der Waals surface area contributed by atoms with E-state index in [4.69, 9.17) is 26.4 Å². The molecule has 2 saturated heterocycles. The van der Waals surface area contributed by atoms with E-state index in [9.17, 15) is 4.79 Å². The van der Waals surface area contributed by atoms with Gasteiger partial charge in [-0.2, -0.15) is 4.68 Å². The summed E-state index contributed by atoms with van der Waals surface area (Å²) in [6.07, 6.45) is -0.695. The van der Waals surface area contributed by atoms with Crippen LogP contribution in [0.3, 0.4) is 0 Å². The normalized spacial score (nSPS) is 26.5. The predicted octanol–water partition coefficient (Wildman–Crippen LogP) is 1.06. The first kappa shape index (κ1) is 14.5. The summed E-state index contributed by atoms with van der Waals surface area (Å²) in [5.41, 5.74) is 0.740. The lowest BCUT2D eigenvalue weighted by molar-refractivity contribution is -0.156. The minimum absolute atomic E-state index is 0.0958. The van der Waals surface area contributed by atoms with Gasteiger partial charge in [-0.1, -0.05) is 6.07 Å². The van der Waals surface area contributed by atoms with Gasteiger partial charge in [0.05, 0.1) is 25.4 Å². The van der Waals surface area contributed by atoms with Crippen molar-refractivity contribution in [3.63, 3.8) is 0 Å². The standard InChI is InChI=1S/C14H14N4O4S/c1-20-9-4-2-3-8(5-9)17-14(23)18(16-15-17)10-6-11(19)13-21-7-12(10)22-13/h2-5,10,12-13H,6-7H2,1H3/t10-,12+,13+/m0/s1. The van der Waals surface area contributed by atoms with Gasteiger partial charge in [-0.3, -0.25) is 4.79 Å². The Kier molecular flexibility index (Phi) is 3.47. The van der Waals surface area contributed by atoms with E-state index in [1.165, 1.54) is 4.68 Å². The van der Waals surface area contributed by atoms with Gasteiger partial charge in [0.1, 0.15) is 11.9 Å². The Hall–Kier alpha value is -2.10. The van der Waals surface area contributed by atoms with Gasteiger partial charge in [0.2, 0.25) is 11.1 Å². The second-order valence-corrected chi connectivity index (χ2v) is 5.76. The van der Waals surface area contributed by atoms with E-state index < -0.39 is 6.29 Å². The summed E-state index contributed by atoms with van der Waals surface area (Å²) in [5, 5.41) is 8.23. The first-order chi connectivity index (χ1) is 11.2. The molecule has 2 aliphatic heterocycles. The summed E-state index contributed by atoms with van der Waals surface area (Å²) >= 11 is 5.47. The van der Waals surface area contributed by atoms with E-state index in [-0.39, 0.29) is 24.3 Å². The van der Waals surface area contributed by atoms with Crippen LogP contribution in [-0.4, -0.2) is 51.7 Å². The van der Waals surface area contributed by atoms with Crippen molar-refractivity contribution in [1.82, 2.24) is 19.8 Å². The Bertz CT molecular complexity index is 817. The van der Waals surface area contributed by atoms with Gasteiger partial charge >= 0.3 is 0 Å². The van der Waals surface area contributed by atoms with Crippen LogP contribution in [0.2, 0.25) is 0 Å². The highest BCUT2D eigenvalue weighted by atomic mass is 32.1. The smallest absolute Gasteiger partial charge is 0.221 e. The molecule has 2 fully saturated rings. The van der Waals surface area contributed by atoms with Crippen molar-refractivity contribution in [2.24, 2.45) is 0 Å². The van der Waals surface area contributed by atoms with Crippen LogP contribution >= 0.6 is 12.2 Å². The minimum atomic E-state index is -0.737. The Morgan fingerprint density at radius 1 is 1.39 bits per heavy atom. The summed E-state index contributed by atoms with van der Waals surface area (Å²) in [7, 11) is 1.59. The number of Topliss-reactive ketones (excluding diaryl/α,β-unsaturated/α-hetero) is 1. The number of nitrogens with zero attached hydrogens (tertiary/aromatic N) is 4. The van der Waals surface area contributed by atoms with Crippen LogP contribution in [-0.2, 0) is 14.3 Å². The van der Waals surface area contributed by atoms with E-state index in [2.05, 4.69) is 10.4 Å². The van der Waals surface area contributed by atoms with Gasteiger partial charge in [-0.25, -0.2) is 4.68 Å². The molecule has 1 aromatic carbocycles. The molecule has 3 heterocycles. The van der Waals surface area contributed by atoms with Gasteiger partial charge in [0.15, 0.2) is 5.78 Å². The van der Waals surface area contributed by atoms with E-state index >= 15 is 0 Å². The Morgan fingerprint density at radius 3 is 3.09 bits per heavy atom. The van der Waals surface area contributed by atoms with Gasteiger partial charge in [0, 0.05) is 12.5 Å². The second kappa shape index (κ2) is 5.52. The molecule has 3 atom stereocenters. The van der Waals surface area contributed by atoms with Crippen molar-refractivity contribution in [2.75, 3.05) is 13.7 Å². The molecule has 9 heteroatoms. The summed E-state index contributed by atoms with van der Waals surface area (Å²) in [4.78, 5) is 11.9. The van der Waals surface area contributed by atoms with Crippen molar-refractivity contribution in [3.8, 4) is 11.4 Å². The number of benzene rings is 1. The molecule has 0 amide bonds. The summed E-state index contributed by atoms with van der Waals surface area (Å²) < 4.78 is 19.6. The molecule has 0 N–H and O–H groups in total. The van der Waals surface area contributed by atoms with Crippen LogP contribution in [0.5, 0.6) is 5.75 Å². The monoisotopic (exact) mass is 334 g/mol. The lowest BCUT2D eigenvalue weighted by atomic mass is 10.0. The average Bonchev–Trinajstić information content (AvgIpc) is 3.17. The van der Waals surface area contributed by atoms with Crippen molar-refractivity contribution >= 4 is 18.0 Å². The van der Waals surface area contributed by atoms with E-state index in [1.807, 2.05) is 24.3 Å². The molecular formula is C14H14N4O4S. The van der Waals surface area contributed by atoms with E-state index in [1.54, 1.807) is 11.8 Å². The molecule has 0 spiro atoms. The quantitative estimate of drug-likeness (QED) is 0.777. The number of methoxy groups -OCH3 is 1. The number of rotatable bonds is 3. The zero-order chi connectivity index (χ0) is 16.0. The third kappa shape index (κ3) is 2.37. The second-order valence-electron chi connectivity index (χ2n) is 5.40. The molecule has 0 aliphatic carbocycles. The van der Waals surface area contributed by atoms with Crippen molar-refractivity contribution in [2.45, 2.75) is 24.9 Å². The number of carbonyl (C=O) groups excluding carboxylic acids is 1. The zero-order valence-corrected chi connectivity index (χ0v) is 13.1. The molecule has 0 radical (unpaired) electrons. The third-order valence-electron chi connectivity index (χ3n) is 4.03. The SMILES string of the molecule is COc1cccc(-n2nnn([C@H]3CC(=O)[C@@H]4OC[C@H]3O4)c2=S)c1. The molecule has 0 saturated carbocycles. The molecule has 2 bridgehead atoms. The highest BCUT2D eigenvalue weighted by molar-refractivity contribution is 7.71. The lowest BCUT2D eigenvalue weighted by Crippen LogP contribution is -2.37. The van der Waals surface area contributed by atoms with E-state index in [0.29, 0.717) is 17.1 Å². The van der Waals surface area contributed by atoms with Gasteiger partial charge in [0.25, 0.3) is 0 Å².